The van der Waals surface area contributed by atoms with Gasteiger partial charge in [0.15, 0.2) is 23.0 Å². The largest absolute Gasteiger partial charge is 0.504 e. The van der Waals surface area contributed by atoms with Gasteiger partial charge in [0.1, 0.15) is 5.78 Å². The maximum absolute atomic E-state index is 12.5. The third-order valence-corrected chi connectivity index (χ3v) is 6.93. The van der Waals surface area contributed by atoms with Crippen LogP contribution in [0.2, 0.25) is 0 Å². The standard InChI is InChI=1S/C32H34O6/c1-37-31-18-21(11-16-29(31)35)10-14-25(33)20-26(34)15-12-23-13-17-30(36)32(38-2)28(23)19-24-8-5-7-22-6-3-4-9-27(22)24/h3-9,11,13,16-18,26,34-36H,10,12,14-15,19-20H2,1-2H3/t26-/m0/s1. The zero-order valence-corrected chi connectivity index (χ0v) is 21.8. The smallest absolute Gasteiger partial charge is 0.164 e. The van der Waals surface area contributed by atoms with Crippen LogP contribution < -0.4 is 9.47 Å². The second-order valence-corrected chi connectivity index (χ2v) is 9.51. The highest BCUT2D eigenvalue weighted by Crippen LogP contribution is 2.36. The normalized spacial score (nSPS) is 11.9. The quantitative estimate of drug-likeness (QED) is 0.223. The Hall–Kier alpha value is -4.03. The molecule has 3 N–H and O–H groups in total. The van der Waals surface area contributed by atoms with Gasteiger partial charge in [0.25, 0.3) is 0 Å². The third-order valence-electron chi connectivity index (χ3n) is 6.93. The van der Waals surface area contributed by atoms with Crippen LogP contribution in [0.1, 0.15) is 41.5 Å². The van der Waals surface area contributed by atoms with Crippen LogP contribution in [0.25, 0.3) is 10.8 Å². The van der Waals surface area contributed by atoms with Gasteiger partial charge < -0.3 is 24.8 Å². The highest BCUT2D eigenvalue weighted by Gasteiger charge is 2.18. The fourth-order valence-electron chi connectivity index (χ4n) is 4.90. The molecule has 0 heterocycles. The van der Waals surface area contributed by atoms with Crippen molar-refractivity contribution in [1.82, 2.24) is 0 Å². The van der Waals surface area contributed by atoms with Gasteiger partial charge in [-0.2, -0.15) is 0 Å². The number of ether oxygens (including phenoxy) is 2. The van der Waals surface area contributed by atoms with Gasteiger partial charge in [-0.05, 0) is 64.9 Å². The van der Waals surface area contributed by atoms with E-state index in [1.807, 2.05) is 24.3 Å². The van der Waals surface area contributed by atoms with Crippen LogP contribution in [0.15, 0.2) is 72.8 Å². The number of hydrogen-bond donors (Lipinski definition) is 3. The molecular weight excluding hydrogens is 480 g/mol. The van der Waals surface area contributed by atoms with E-state index >= 15 is 0 Å². The maximum Gasteiger partial charge on any atom is 0.164 e. The van der Waals surface area contributed by atoms with Crippen LogP contribution in [0, 0.1) is 0 Å². The highest BCUT2D eigenvalue weighted by atomic mass is 16.5. The van der Waals surface area contributed by atoms with Crippen LogP contribution in [0.3, 0.4) is 0 Å². The molecule has 0 aliphatic rings. The summed E-state index contributed by atoms with van der Waals surface area (Å²) in [5.74, 6) is 0.921. The number of aryl methyl sites for hydroxylation is 2. The minimum absolute atomic E-state index is 0.0243. The number of rotatable bonds is 12. The summed E-state index contributed by atoms with van der Waals surface area (Å²) in [6, 6.07) is 22.9. The van der Waals surface area contributed by atoms with Crippen LogP contribution in [0.5, 0.6) is 23.0 Å². The summed E-state index contributed by atoms with van der Waals surface area (Å²) in [5.41, 5.74) is 3.85. The monoisotopic (exact) mass is 514 g/mol. The molecule has 1 atom stereocenters. The number of aliphatic hydroxyl groups excluding tert-OH is 1. The Morgan fingerprint density at radius 3 is 2.39 bits per heavy atom. The minimum Gasteiger partial charge on any atom is -0.504 e. The number of methoxy groups -OCH3 is 2. The van der Waals surface area contributed by atoms with E-state index in [0.717, 1.165) is 33.0 Å². The lowest BCUT2D eigenvalue weighted by atomic mass is 9.91. The van der Waals surface area contributed by atoms with Crippen molar-refractivity contribution < 1.29 is 29.6 Å². The van der Waals surface area contributed by atoms with Crippen molar-refractivity contribution in [2.75, 3.05) is 14.2 Å². The zero-order chi connectivity index (χ0) is 27.1. The first-order valence-electron chi connectivity index (χ1n) is 12.8. The number of carbonyl (C=O) groups excluding carboxylic acids is 1. The van der Waals surface area contributed by atoms with Crippen molar-refractivity contribution in [2.45, 2.75) is 44.6 Å². The number of hydrogen-bond acceptors (Lipinski definition) is 6. The summed E-state index contributed by atoms with van der Waals surface area (Å²) in [6.07, 6.45) is 1.62. The first-order chi connectivity index (χ1) is 18.4. The Balaban J connectivity index is 1.42. The van der Waals surface area contributed by atoms with E-state index in [-0.39, 0.29) is 23.7 Å². The van der Waals surface area contributed by atoms with Gasteiger partial charge >= 0.3 is 0 Å². The lowest BCUT2D eigenvalue weighted by Crippen LogP contribution is -2.15. The molecule has 0 amide bonds. The average molecular weight is 515 g/mol. The third kappa shape index (κ3) is 6.45. The summed E-state index contributed by atoms with van der Waals surface area (Å²) in [4.78, 5) is 12.5. The summed E-state index contributed by atoms with van der Waals surface area (Å²) in [5, 5.41) is 33.1. The molecule has 4 aromatic carbocycles. The molecule has 0 aliphatic heterocycles. The van der Waals surface area contributed by atoms with Crippen LogP contribution >= 0.6 is 0 Å². The molecule has 0 saturated heterocycles. The lowest BCUT2D eigenvalue weighted by molar-refractivity contribution is -0.121. The molecule has 198 valence electrons. The molecule has 4 rings (SSSR count). The van der Waals surface area contributed by atoms with E-state index in [9.17, 15) is 20.1 Å². The van der Waals surface area contributed by atoms with Gasteiger partial charge in [-0.15, -0.1) is 0 Å². The molecule has 0 bridgehead atoms. The number of phenolic OH excluding ortho intramolecular Hbond substituents is 2. The first-order valence-corrected chi connectivity index (χ1v) is 12.8. The molecule has 38 heavy (non-hydrogen) atoms. The Morgan fingerprint density at radius 1 is 0.842 bits per heavy atom. The van der Waals surface area contributed by atoms with Gasteiger partial charge in [0.2, 0.25) is 0 Å². The maximum atomic E-state index is 12.5. The first kappa shape index (κ1) is 27.0. The second-order valence-electron chi connectivity index (χ2n) is 9.51. The fraction of sp³-hybridized carbons (Fsp3) is 0.281. The number of aliphatic hydroxyl groups is 1. The molecule has 0 aliphatic carbocycles. The molecule has 0 spiro atoms. The summed E-state index contributed by atoms with van der Waals surface area (Å²) in [7, 11) is 3.03. The Morgan fingerprint density at radius 2 is 1.61 bits per heavy atom. The number of phenols is 2. The molecule has 0 fully saturated rings. The number of aromatic hydroxyl groups is 2. The molecule has 6 heteroatoms. The predicted molar refractivity (Wildman–Crippen MR) is 148 cm³/mol. The lowest BCUT2D eigenvalue weighted by Gasteiger charge is -2.18. The summed E-state index contributed by atoms with van der Waals surface area (Å²) in [6.45, 7) is 0. The molecule has 0 radical (unpaired) electrons. The van der Waals surface area contributed by atoms with Crippen molar-refractivity contribution >= 4 is 16.6 Å². The molecule has 0 aromatic heterocycles. The van der Waals surface area contributed by atoms with E-state index in [4.69, 9.17) is 9.47 Å². The van der Waals surface area contributed by atoms with E-state index < -0.39 is 6.10 Å². The molecule has 0 saturated carbocycles. The summed E-state index contributed by atoms with van der Waals surface area (Å²) < 4.78 is 10.7. The van der Waals surface area contributed by atoms with E-state index in [1.54, 1.807) is 31.4 Å². The van der Waals surface area contributed by atoms with Gasteiger partial charge in [0, 0.05) is 24.8 Å². The molecule has 6 nitrogen and oxygen atoms in total. The number of Topliss-reactive ketones (excluding diaryl/α,β-unsaturated/α-hetero) is 1. The van der Waals surface area contributed by atoms with Crippen LogP contribution in [-0.2, 0) is 24.1 Å². The number of benzene rings is 4. The molecular formula is C32H34O6. The number of ketones is 1. The van der Waals surface area contributed by atoms with Crippen molar-refractivity contribution in [2.24, 2.45) is 0 Å². The van der Waals surface area contributed by atoms with Crippen molar-refractivity contribution in [3.63, 3.8) is 0 Å². The highest BCUT2D eigenvalue weighted by molar-refractivity contribution is 5.86. The Bertz CT molecular complexity index is 1410. The van der Waals surface area contributed by atoms with Gasteiger partial charge in [-0.25, -0.2) is 0 Å². The van der Waals surface area contributed by atoms with E-state index in [0.29, 0.717) is 43.6 Å². The predicted octanol–water partition coefficient (Wildman–Crippen LogP) is 5.74. The van der Waals surface area contributed by atoms with Gasteiger partial charge in [-0.3, -0.25) is 4.79 Å². The Kier molecular flexibility index (Phi) is 8.87. The fourth-order valence-corrected chi connectivity index (χ4v) is 4.90. The zero-order valence-electron chi connectivity index (χ0n) is 21.8. The molecule has 4 aromatic rings. The van der Waals surface area contributed by atoms with Crippen molar-refractivity contribution in [1.29, 1.82) is 0 Å². The summed E-state index contributed by atoms with van der Waals surface area (Å²) >= 11 is 0. The number of carbonyl (C=O) groups is 1. The van der Waals surface area contributed by atoms with Crippen molar-refractivity contribution in [3.05, 3.63) is 95.1 Å². The Labute approximate surface area is 223 Å². The van der Waals surface area contributed by atoms with E-state index in [1.165, 1.54) is 7.11 Å². The van der Waals surface area contributed by atoms with Gasteiger partial charge in [0.05, 0.1) is 20.3 Å². The van der Waals surface area contributed by atoms with Gasteiger partial charge in [-0.1, -0.05) is 54.6 Å². The minimum atomic E-state index is -0.776. The van der Waals surface area contributed by atoms with Crippen LogP contribution in [-0.4, -0.2) is 41.4 Å². The molecule has 0 unspecified atom stereocenters. The average Bonchev–Trinajstić information content (AvgIpc) is 2.92. The SMILES string of the molecule is COc1cc(CCC(=O)C[C@@H](O)CCc2ccc(O)c(OC)c2Cc2cccc3ccccc23)ccc1O. The number of fused-ring (bicyclic) bond motifs is 1. The second kappa shape index (κ2) is 12.5. The van der Waals surface area contributed by atoms with Crippen LogP contribution in [0.4, 0.5) is 0 Å². The van der Waals surface area contributed by atoms with Crippen molar-refractivity contribution in [3.8, 4) is 23.0 Å². The van der Waals surface area contributed by atoms with E-state index in [2.05, 4.69) is 24.3 Å². The topological polar surface area (TPSA) is 96.2 Å².